The zero-order valence-corrected chi connectivity index (χ0v) is 20.3. The Kier molecular flexibility index (Phi) is 6.61. The van der Waals surface area contributed by atoms with Crippen molar-refractivity contribution in [2.24, 2.45) is 0 Å². The highest BCUT2D eigenvalue weighted by atomic mass is 16.2. The van der Waals surface area contributed by atoms with Crippen molar-refractivity contribution in [3.05, 3.63) is 83.6 Å². The van der Waals surface area contributed by atoms with E-state index in [0.29, 0.717) is 22.8 Å². The van der Waals surface area contributed by atoms with Crippen molar-refractivity contribution in [2.75, 3.05) is 42.9 Å². The van der Waals surface area contributed by atoms with Crippen molar-refractivity contribution < 1.29 is 9.59 Å². The summed E-state index contributed by atoms with van der Waals surface area (Å²) in [4.78, 5) is 37.7. The number of fused-ring (bicyclic) bond motifs is 3. The summed E-state index contributed by atoms with van der Waals surface area (Å²) < 4.78 is 0. The molecule has 5 rings (SSSR count). The summed E-state index contributed by atoms with van der Waals surface area (Å²) in [5, 5.41) is 2.91. The van der Waals surface area contributed by atoms with E-state index in [4.69, 9.17) is 0 Å². The fourth-order valence-corrected chi connectivity index (χ4v) is 5.17. The molecule has 7 nitrogen and oxygen atoms in total. The monoisotopic (exact) mass is 469 g/mol. The van der Waals surface area contributed by atoms with Gasteiger partial charge in [-0.05, 0) is 54.9 Å². The molecule has 0 fully saturated rings. The van der Waals surface area contributed by atoms with E-state index in [1.165, 1.54) is 11.1 Å². The zero-order valence-electron chi connectivity index (χ0n) is 20.3. The van der Waals surface area contributed by atoms with Crippen LogP contribution in [0.3, 0.4) is 0 Å². The third kappa shape index (κ3) is 4.45. The van der Waals surface area contributed by atoms with E-state index >= 15 is 0 Å². The van der Waals surface area contributed by atoms with Gasteiger partial charge < -0.3 is 10.2 Å². The number of amides is 2. The third-order valence-corrected chi connectivity index (χ3v) is 7.07. The van der Waals surface area contributed by atoms with Crippen LogP contribution in [0.5, 0.6) is 0 Å². The Morgan fingerprint density at radius 2 is 1.83 bits per heavy atom. The number of carbonyl (C=O) groups is 2. The average molecular weight is 470 g/mol. The van der Waals surface area contributed by atoms with Crippen LogP contribution >= 0.6 is 0 Å². The quantitative estimate of drug-likeness (QED) is 0.585. The second-order valence-corrected chi connectivity index (χ2v) is 9.00. The van der Waals surface area contributed by atoms with Crippen LogP contribution in [-0.2, 0) is 11.2 Å². The van der Waals surface area contributed by atoms with Crippen LogP contribution in [0.1, 0.15) is 41.4 Å². The average Bonchev–Trinajstić information content (AvgIpc) is 3.01. The lowest BCUT2D eigenvalue weighted by Crippen LogP contribution is -2.47. The summed E-state index contributed by atoms with van der Waals surface area (Å²) >= 11 is 0. The SMILES string of the molecule is CCN(CC)C[C@H]1c2ccccc2CCN1CC(=O)N1c2ccccc2C(=O)Nc2cccnc21. The summed E-state index contributed by atoms with van der Waals surface area (Å²) in [6.45, 7) is 8.17. The normalized spacial score (nSPS) is 17.3. The Hall–Kier alpha value is -3.55. The smallest absolute Gasteiger partial charge is 0.257 e. The molecule has 0 radical (unpaired) electrons. The predicted octanol–water partition coefficient (Wildman–Crippen LogP) is 4.25. The van der Waals surface area contributed by atoms with Gasteiger partial charge in [0, 0.05) is 25.3 Å². The number of hydrogen-bond acceptors (Lipinski definition) is 5. The maximum Gasteiger partial charge on any atom is 0.257 e. The number of benzene rings is 2. The minimum atomic E-state index is -0.239. The van der Waals surface area contributed by atoms with Crippen LogP contribution in [0.2, 0.25) is 0 Å². The van der Waals surface area contributed by atoms with E-state index in [9.17, 15) is 9.59 Å². The number of anilines is 3. The lowest BCUT2D eigenvalue weighted by Gasteiger charge is -2.40. The second kappa shape index (κ2) is 9.98. The summed E-state index contributed by atoms with van der Waals surface area (Å²) in [7, 11) is 0. The number of pyridine rings is 1. The fraction of sp³-hybridized carbons (Fsp3) is 0.321. The maximum atomic E-state index is 14.0. The Morgan fingerprint density at radius 3 is 2.66 bits per heavy atom. The lowest BCUT2D eigenvalue weighted by molar-refractivity contribution is -0.119. The molecule has 0 unspecified atom stereocenters. The first-order valence-corrected chi connectivity index (χ1v) is 12.3. The minimum Gasteiger partial charge on any atom is -0.319 e. The van der Waals surface area contributed by atoms with Gasteiger partial charge in [0.15, 0.2) is 5.82 Å². The molecule has 2 amide bonds. The second-order valence-electron chi connectivity index (χ2n) is 9.00. The van der Waals surface area contributed by atoms with E-state index < -0.39 is 0 Å². The topological polar surface area (TPSA) is 68.8 Å². The van der Waals surface area contributed by atoms with Gasteiger partial charge in [-0.1, -0.05) is 50.2 Å². The highest BCUT2D eigenvalue weighted by molar-refractivity contribution is 6.17. The highest BCUT2D eigenvalue weighted by Gasteiger charge is 2.34. The van der Waals surface area contributed by atoms with Crippen LogP contribution in [0, 0.1) is 0 Å². The Morgan fingerprint density at radius 1 is 1.06 bits per heavy atom. The molecule has 2 aliphatic heterocycles. The molecule has 0 spiro atoms. The van der Waals surface area contributed by atoms with Crippen LogP contribution in [-0.4, -0.2) is 59.3 Å². The summed E-state index contributed by atoms with van der Waals surface area (Å²) in [6, 6.07) is 19.5. The van der Waals surface area contributed by atoms with Crippen LogP contribution < -0.4 is 10.2 Å². The first-order valence-electron chi connectivity index (χ1n) is 12.3. The van der Waals surface area contributed by atoms with Crippen molar-refractivity contribution in [2.45, 2.75) is 26.3 Å². The number of carbonyl (C=O) groups excluding carboxylic acids is 2. The van der Waals surface area contributed by atoms with E-state index in [2.05, 4.69) is 58.2 Å². The van der Waals surface area contributed by atoms with Crippen molar-refractivity contribution in [3.8, 4) is 0 Å². The molecular formula is C28H31N5O2. The lowest BCUT2D eigenvalue weighted by atomic mass is 9.92. The molecular weight excluding hydrogens is 438 g/mol. The van der Waals surface area contributed by atoms with Crippen molar-refractivity contribution in [3.63, 3.8) is 0 Å². The van der Waals surface area contributed by atoms with E-state index in [-0.39, 0.29) is 24.4 Å². The molecule has 35 heavy (non-hydrogen) atoms. The van der Waals surface area contributed by atoms with Gasteiger partial charge in [0.05, 0.1) is 23.5 Å². The highest BCUT2D eigenvalue weighted by Crippen LogP contribution is 2.37. The molecule has 0 aliphatic carbocycles. The van der Waals surface area contributed by atoms with Crippen molar-refractivity contribution in [1.29, 1.82) is 0 Å². The Balaban J connectivity index is 1.51. The summed E-state index contributed by atoms with van der Waals surface area (Å²) in [6.07, 6.45) is 2.56. The van der Waals surface area contributed by atoms with Gasteiger partial charge in [-0.25, -0.2) is 4.98 Å². The first kappa shape index (κ1) is 23.2. The summed E-state index contributed by atoms with van der Waals surface area (Å²) in [5.74, 6) is 0.114. The largest absolute Gasteiger partial charge is 0.319 e. The van der Waals surface area contributed by atoms with Gasteiger partial charge in [0.25, 0.3) is 5.91 Å². The fourth-order valence-electron chi connectivity index (χ4n) is 5.17. The van der Waals surface area contributed by atoms with Gasteiger partial charge in [-0.15, -0.1) is 0 Å². The summed E-state index contributed by atoms with van der Waals surface area (Å²) in [5.41, 5.74) is 4.21. The van der Waals surface area contributed by atoms with Gasteiger partial charge in [-0.3, -0.25) is 19.4 Å². The van der Waals surface area contributed by atoms with Crippen molar-refractivity contribution in [1.82, 2.24) is 14.8 Å². The molecule has 2 aromatic carbocycles. The molecule has 7 heteroatoms. The number of hydrogen-bond donors (Lipinski definition) is 1. The number of aromatic nitrogens is 1. The zero-order chi connectivity index (χ0) is 24.4. The molecule has 3 heterocycles. The van der Waals surface area contributed by atoms with Gasteiger partial charge in [-0.2, -0.15) is 0 Å². The van der Waals surface area contributed by atoms with Gasteiger partial charge in [0.2, 0.25) is 5.91 Å². The number of para-hydroxylation sites is 1. The van der Waals surface area contributed by atoms with E-state index in [1.807, 2.05) is 18.2 Å². The van der Waals surface area contributed by atoms with Gasteiger partial charge >= 0.3 is 0 Å². The molecule has 2 aliphatic rings. The predicted molar refractivity (Wildman–Crippen MR) is 138 cm³/mol. The Labute approximate surface area is 206 Å². The number of rotatable bonds is 6. The van der Waals surface area contributed by atoms with Crippen molar-refractivity contribution >= 4 is 29.0 Å². The standard InChI is InChI=1S/C28H31N5O2/c1-3-31(4-2)18-25-21-11-6-5-10-20(21)15-17-32(25)19-26(34)33-24-14-8-7-12-22(24)28(35)30-23-13-9-16-29-27(23)33/h5-14,16,25H,3-4,15,17-19H2,1-2H3,(H,30,35)/t25-/m0/s1. The van der Waals surface area contributed by atoms with Gasteiger partial charge in [0.1, 0.15) is 0 Å². The molecule has 1 atom stereocenters. The van der Waals surface area contributed by atoms with Crippen LogP contribution in [0.4, 0.5) is 17.2 Å². The molecule has 1 aromatic heterocycles. The first-order chi connectivity index (χ1) is 17.1. The third-order valence-electron chi connectivity index (χ3n) is 7.07. The molecule has 1 N–H and O–H groups in total. The molecule has 3 aromatic rings. The molecule has 0 saturated heterocycles. The minimum absolute atomic E-state index is 0.0992. The number of likely N-dealkylation sites (N-methyl/N-ethyl adjacent to an activating group) is 1. The van der Waals surface area contributed by atoms with Crippen LogP contribution in [0.25, 0.3) is 0 Å². The van der Waals surface area contributed by atoms with E-state index in [1.54, 1.807) is 29.3 Å². The molecule has 180 valence electrons. The Bertz CT molecular complexity index is 1240. The molecule has 0 bridgehead atoms. The molecule has 0 saturated carbocycles. The van der Waals surface area contributed by atoms with E-state index in [0.717, 1.165) is 32.6 Å². The maximum absolute atomic E-state index is 14.0. The van der Waals surface area contributed by atoms with Crippen LogP contribution in [0.15, 0.2) is 66.9 Å². The number of nitrogens with zero attached hydrogens (tertiary/aromatic N) is 4. The number of nitrogens with one attached hydrogen (secondary N) is 1.